The van der Waals surface area contributed by atoms with Gasteiger partial charge in [0.2, 0.25) is 0 Å². The summed E-state index contributed by atoms with van der Waals surface area (Å²) in [5.74, 6) is 3.48. The van der Waals surface area contributed by atoms with E-state index in [-0.39, 0.29) is 24.0 Å². The highest BCUT2D eigenvalue weighted by Crippen LogP contribution is 2.33. The molecule has 0 radical (unpaired) electrons. The van der Waals surface area contributed by atoms with E-state index in [4.69, 9.17) is 14.5 Å². The van der Waals surface area contributed by atoms with Gasteiger partial charge in [-0.2, -0.15) is 0 Å². The summed E-state index contributed by atoms with van der Waals surface area (Å²) in [6.45, 7) is 6.44. The van der Waals surface area contributed by atoms with Gasteiger partial charge in [0.05, 0.1) is 14.2 Å². The number of halogens is 1. The highest BCUT2D eigenvalue weighted by atomic mass is 127. The number of nitrogens with zero attached hydrogens (tertiary/aromatic N) is 3. The lowest BCUT2D eigenvalue weighted by molar-refractivity contribution is 0.346. The van der Waals surface area contributed by atoms with Gasteiger partial charge in [-0.25, -0.2) is 4.98 Å². The van der Waals surface area contributed by atoms with Crippen LogP contribution in [-0.4, -0.2) is 56.2 Å². The van der Waals surface area contributed by atoms with Crippen molar-refractivity contribution in [2.24, 2.45) is 4.99 Å². The number of anilines is 1. The molecule has 1 aliphatic rings. The third kappa shape index (κ3) is 7.15. The summed E-state index contributed by atoms with van der Waals surface area (Å²) in [4.78, 5) is 11.5. The Balaban J connectivity index is 0.00000341. The average molecular weight is 539 g/mol. The number of guanidine groups is 1. The molecule has 2 N–H and O–H groups in total. The van der Waals surface area contributed by atoms with Gasteiger partial charge < -0.3 is 25.0 Å². The molecule has 31 heavy (non-hydrogen) atoms. The summed E-state index contributed by atoms with van der Waals surface area (Å²) in [5.41, 5.74) is 2.59. The molecule has 0 atom stereocenters. The SMILES string of the molecule is CCNC(=NCCCCNc1ccccn1)N1CCc2cc(OC)c(OC)cc2C1.I. The van der Waals surface area contributed by atoms with Crippen molar-refractivity contribution in [3.8, 4) is 11.5 Å². The quantitative estimate of drug-likeness (QED) is 0.218. The first kappa shape index (κ1) is 25.0. The first-order valence-electron chi connectivity index (χ1n) is 10.7. The predicted octanol–water partition coefficient (Wildman–Crippen LogP) is 3.93. The van der Waals surface area contributed by atoms with Crippen molar-refractivity contribution >= 4 is 35.8 Å². The normalized spacial score (nSPS) is 13.1. The van der Waals surface area contributed by atoms with Gasteiger partial charge in [-0.15, -0.1) is 24.0 Å². The monoisotopic (exact) mass is 539 g/mol. The minimum absolute atomic E-state index is 0. The van der Waals surface area contributed by atoms with E-state index in [0.29, 0.717) is 0 Å². The number of aliphatic imine (C=N–C) groups is 1. The van der Waals surface area contributed by atoms with Crippen LogP contribution in [0.15, 0.2) is 41.5 Å². The maximum Gasteiger partial charge on any atom is 0.194 e. The second-order valence-corrected chi connectivity index (χ2v) is 7.23. The number of hydrogen-bond donors (Lipinski definition) is 2. The zero-order valence-corrected chi connectivity index (χ0v) is 21.0. The molecule has 3 rings (SSSR count). The van der Waals surface area contributed by atoms with Gasteiger partial charge in [0.1, 0.15) is 5.82 Å². The lowest BCUT2D eigenvalue weighted by Gasteiger charge is -2.32. The molecule has 0 saturated heterocycles. The molecular formula is C23H34IN5O2. The summed E-state index contributed by atoms with van der Waals surface area (Å²) in [7, 11) is 3.36. The second kappa shape index (κ2) is 13.2. The fraction of sp³-hybridized carbons (Fsp3) is 0.478. The molecule has 0 bridgehead atoms. The fourth-order valence-corrected chi connectivity index (χ4v) is 3.60. The minimum atomic E-state index is 0. The van der Waals surface area contributed by atoms with Crippen molar-refractivity contribution in [1.29, 1.82) is 0 Å². The first-order chi connectivity index (χ1) is 14.7. The number of hydrogen-bond acceptors (Lipinski definition) is 5. The zero-order valence-electron chi connectivity index (χ0n) is 18.7. The average Bonchev–Trinajstić information content (AvgIpc) is 2.79. The predicted molar refractivity (Wildman–Crippen MR) is 137 cm³/mol. The van der Waals surface area contributed by atoms with Crippen LogP contribution in [0.4, 0.5) is 5.82 Å². The Bertz CT molecular complexity index is 832. The molecule has 0 aliphatic carbocycles. The lowest BCUT2D eigenvalue weighted by Crippen LogP contribution is -2.44. The molecule has 2 heterocycles. The number of aromatic nitrogens is 1. The molecule has 1 aliphatic heterocycles. The van der Waals surface area contributed by atoms with Crippen LogP contribution in [0.3, 0.4) is 0 Å². The van der Waals surface area contributed by atoms with Crippen molar-refractivity contribution in [1.82, 2.24) is 15.2 Å². The Morgan fingerprint density at radius 3 is 2.58 bits per heavy atom. The third-order valence-corrected chi connectivity index (χ3v) is 5.17. The van der Waals surface area contributed by atoms with Crippen LogP contribution in [0.2, 0.25) is 0 Å². The van der Waals surface area contributed by atoms with E-state index in [2.05, 4.69) is 39.6 Å². The molecule has 1 aromatic heterocycles. The van der Waals surface area contributed by atoms with E-state index in [9.17, 15) is 0 Å². The number of nitrogens with one attached hydrogen (secondary N) is 2. The van der Waals surface area contributed by atoms with Crippen LogP contribution in [-0.2, 0) is 13.0 Å². The molecular weight excluding hydrogens is 505 g/mol. The Morgan fingerprint density at radius 2 is 1.90 bits per heavy atom. The highest BCUT2D eigenvalue weighted by molar-refractivity contribution is 14.0. The molecule has 0 saturated carbocycles. The van der Waals surface area contributed by atoms with E-state index in [1.165, 1.54) is 11.1 Å². The van der Waals surface area contributed by atoms with Crippen LogP contribution in [0.25, 0.3) is 0 Å². The fourth-order valence-electron chi connectivity index (χ4n) is 3.60. The van der Waals surface area contributed by atoms with Crippen molar-refractivity contribution in [2.45, 2.75) is 32.7 Å². The van der Waals surface area contributed by atoms with Crippen molar-refractivity contribution < 1.29 is 9.47 Å². The number of rotatable bonds is 9. The third-order valence-electron chi connectivity index (χ3n) is 5.17. The van der Waals surface area contributed by atoms with E-state index in [0.717, 1.165) is 75.3 Å². The molecule has 7 nitrogen and oxygen atoms in total. The number of ether oxygens (including phenoxy) is 2. The summed E-state index contributed by atoms with van der Waals surface area (Å²) < 4.78 is 10.9. The number of methoxy groups -OCH3 is 2. The first-order valence-corrected chi connectivity index (χ1v) is 10.7. The van der Waals surface area contributed by atoms with Crippen LogP contribution in [0.5, 0.6) is 11.5 Å². The van der Waals surface area contributed by atoms with Gasteiger partial charge in [-0.05, 0) is 61.6 Å². The smallest absolute Gasteiger partial charge is 0.194 e. The van der Waals surface area contributed by atoms with Crippen LogP contribution in [0.1, 0.15) is 30.9 Å². The zero-order chi connectivity index (χ0) is 21.2. The number of benzene rings is 1. The lowest BCUT2D eigenvalue weighted by atomic mass is 9.99. The Labute approximate surface area is 202 Å². The minimum Gasteiger partial charge on any atom is -0.493 e. The molecule has 0 fully saturated rings. The molecule has 0 spiro atoms. The van der Waals surface area contributed by atoms with E-state index in [1.54, 1.807) is 20.4 Å². The standard InChI is InChI=1S/C23H33N5O2.HI/c1-4-24-23(27-13-8-7-12-26-22-9-5-6-11-25-22)28-14-10-18-15-20(29-2)21(30-3)16-19(18)17-28;/h5-6,9,11,15-16H,4,7-8,10,12-14,17H2,1-3H3,(H,24,27)(H,25,26);1H. The van der Waals surface area contributed by atoms with Crippen LogP contribution in [0, 0.1) is 0 Å². The van der Waals surface area contributed by atoms with Crippen LogP contribution < -0.4 is 20.1 Å². The Kier molecular flexibility index (Phi) is 10.7. The number of pyridine rings is 1. The van der Waals surface area contributed by atoms with E-state index < -0.39 is 0 Å². The summed E-state index contributed by atoms with van der Waals surface area (Å²) in [6, 6.07) is 10.1. The molecule has 1 aromatic carbocycles. The molecule has 0 unspecified atom stereocenters. The highest BCUT2D eigenvalue weighted by Gasteiger charge is 2.21. The molecule has 2 aromatic rings. The van der Waals surface area contributed by atoms with Crippen molar-refractivity contribution in [2.75, 3.05) is 45.7 Å². The van der Waals surface area contributed by atoms with Gasteiger partial charge in [0, 0.05) is 38.9 Å². The second-order valence-electron chi connectivity index (χ2n) is 7.23. The van der Waals surface area contributed by atoms with Crippen molar-refractivity contribution in [3.63, 3.8) is 0 Å². The van der Waals surface area contributed by atoms with Gasteiger partial charge in [0.15, 0.2) is 17.5 Å². The molecule has 8 heteroatoms. The topological polar surface area (TPSA) is 71.0 Å². The van der Waals surface area contributed by atoms with Gasteiger partial charge >= 0.3 is 0 Å². The molecule has 170 valence electrons. The Morgan fingerprint density at radius 1 is 1.13 bits per heavy atom. The maximum absolute atomic E-state index is 5.48. The number of unbranched alkanes of at least 4 members (excludes halogenated alkanes) is 1. The summed E-state index contributed by atoms with van der Waals surface area (Å²) in [6.07, 6.45) is 4.86. The summed E-state index contributed by atoms with van der Waals surface area (Å²) in [5, 5.41) is 6.79. The van der Waals surface area contributed by atoms with Gasteiger partial charge in [-0.1, -0.05) is 6.07 Å². The number of fused-ring (bicyclic) bond motifs is 1. The maximum atomic E-state index is 5.48. The van der Waals surface area contributed by atoms with Gasteiger partial charge in [0.25, 0.3) is 0 Å². The Hall–Kier alpha value is -2.23. The van der Waals surface area contributed by atoms with Gasteiger partial charge in [-0.3, -0.25) is 4.99 Å². The summed E-state index contributed by atoms with van der Waals surface area (Å²) >= 11 is 0. The van der Waals surface area contributed by atoms with E-state index >= 15 is 0 Å². The molecule has 0 amide bonds. The largest absolute Gasteiger partial charge is 0.493 e. The van der Waals surface area contributed by atoms with Crippen molar-refractivity contribution in [3.05, 3.63) is 47.7 Å². The van der Waals surface area contributed by atoms with E-state index in [1.807, 2.05) is 18.2 Å². The van der Waals surface area contributed by atoms with Crippen LogP contribution >= 0.6 is 24.0 Å².